The van der Waals surface area contributed by atoms with Crippen LogP contribution < -0.4 is 4.72 Å². The molecule has 21 heavy (non-hydrogen) atoms. The van der Waals surface area contributed by atoms with Crippen molar-refractivity contribution in [3.8, 4) is 0 Å². The van der Waals surface area contributed by atoms with E-state index in [-0.39, 0.29) is 9.50 Å². The second-order valence-corrected chi connectivity index (χ2v) is 6.75. The van der Waals surface area contributed by atoms with Gasteiger partial charge in [0.15, 0.2) is 5.03 Å². The fourth-order valence-electron chi connectivity index (χ4n) is 1.73. The van der Waals surface area contributed by atoms with E-state index in [2.05, 4.69) is 20.9 Å². The van der Waals surface area contributed by atoms with Gasteiger partial charge in [0, 0.05) is 18.8 Å². The van der Waals surface area contributed by atoms with Crippen molar-refractivity contribution in [2.75, 3.05) is 4.72 Å². The predicted octanol–water partition coefficient (Wildman–Crippen LogP) is 3.05. The maximum absolute atomic E-state index is 13.7. The van der Waals surface area contributed by atoms with E-state index in [1.807, 2.05) is 11.6 Å². The summed E-state index contributed by atoms with van der Waals surface area (Å²) in [4.78, 5) is 3.91. The Kier molecular flexibility index (Phi) is 4.33. The molecule has 2 aromatic rings. The van der Waals surface area contributed by atoms with Crippen LogP contribution in [0.25, 0.3) is 0 Å². The van der Waals surface area contributed by atoms with Crippen molar-refractivity contribution in [1.29, 1.82) is 0 Å². The molecule has 2 rings (SSSR count). The molecule has 0 amide bonds. The Morgan fingerprint density at radius 2 is 2.00 bits per heavy atom. The number of rotatable bonds is 4. The van der Waals surface area contributed by atoms with E-state index in [9.17, 15) is 17.2 Å². The minimum absolute atomic E-state index is 0.0888. The Hall–Kier alpha value is -1.48. The summed E-state index contributed by atoms with van der Waals surface area (Å²) in [6, 6.07) is 1.61. The number of halogens is 3. The zero-order valence-corrected chi connectivity index (χ0v) is 13.6. The normalized spacial score (nSPS) is 11.7. The van der Waals surface area contributed by atoms with Crippen molar-refractivity contribution in [3.63, 3.8) is 0 Å². The van der Waals surface area contributed by atoms with Crippen LogP contribution in [0.1, 0.15) is 12.7 Å². The summed E-state index contributed by atoms with van der Waals surface area (Å²) in [5, 5.41) is -0.246. The van der Waals surface area contributed by atoms with E-state index < -0.39 is 27.3 Å². The summed E-state index contributed by atoms with van der Waals surface area (Å²) < 4.78 is 54.9. The van der Waals surface area contributed by atoms with E-state index in [0.29, 0.717) is 12.4 Å². The van der Waals surface area contributed by atoms with Gasteiger partial charge in [-0.1, -0.05) is 0 Å². The van der Waals surface area contributed by atoms with Gasteiger partial charge in [0.05, 0.1) is 10.2 Å². The maximum Gasteiger partial charge on any atom is 0.281 e. The van der Waals surface area contributed by atoms with Gasteiger partial charge in [-0.15, -0.1) is 0 Å². The average molecular weight is 380 g/mol. The largest absolute Gasteiger partial charge is 0.334 e. The Morgan fingerprint density at radius 3 is 2.57 bits per heavy atom. The smallest absolute Gasteiger partial charge is 0.281 e. The second-order valence-electron chi connectivity index (χ2n) is 4.26. The van der Waals surface area contributed by atoms with Gasteiger partial charge >= 0.3 is 0 Å². The number of sulfonamides is 1. The zero-order valence-electron chi connectivity index (χ0n) is 11.2. The first-order chi connectivity index (χ1) is 9.74. The van der Waals surface area contributed by atoms with Gasteiger partial charge in [0.25, 0.3) is 10.0 Å². The standard InChI is InChI=1S/C12H12BrF2N3O2S/c1-3-18-6-12(16-7(18)2)21(19,20)17-11-5-9(14)8(13)4-10(11)15/h4-6,17H,3H2,1-2H3. The highest BCUT2D eigenvalue weighted by atomic mass is 79.9. The van der Waals surface area contributed by atoms with Crippen molar-refractivity contribution >= 4 is 31.6 Å². The fraction of sp³-hybridized carbons (Fsp3) is 0.250. The number of imidazole rings is 1. The lowest BCUT2D eigenvalue weighted by molar-refractivity contribution is 0.590. The highest BCUT2D eigenvalue weighted by Gasteiger charge is 2.21. The summed E-state index contributed by atoms with van der Waals surface area (Å²) in [5.74, 6) is -1.15. The number of aryl methyl sites for hydroxylation is 2. The molecule has 0 aliphatic heterocycles. The first kappa shape index (κ1) is 15.9. The highest BCUT2D eigenvalue weighted by molar-refractivity contribution is 9.10. The molecule has 0 saturated carbocycles. The molecule has 1 aromatic carbocycles. The third kappa shape index (κ3) is 3.24. The molecule has 1 N–H and O–H groups in total. The molecule has 0 radical (unpaired) electrons. The molecule has 0 fully saturated rings. The predicted molar refractivity (Wildman–Crippen MR) is 77.5 cm³/mol. The molecule has 0 saturated heterocycles. The van der Waals surface area contributed by atoms with E-state index in [1.165, 1.54) is 6.20 Å². The molecule has 0 unspecified atom stereocenters. The van der Waals surface area contributed by atoms with Crippen molar-refractivity contribution in [2.24, 2.45) is 0 Å². The molecule has 1 aromatic heterocycles. The third-order valence-corrected chi connectivity index (χ3v) is 4.67. The molecule has 9 heteroatoms. The van der Waals surface area contributed by atoms with Gasteiger partial charge in [-0.3, -0.25) is 4.72 Å². The van der Waals surface area contributed by atoms with Crippen LogP contribution in [0.3, 0.4) is 0 Å². The van der Waals surface area contributed by atoms with Gasteiger partial charge in [-0.25, -0.2) is 13.8 Å². The number of hydrogen-bond acceptors (Lipinski definition) is 3. The lowest BCUT2D eigenvalue weighted by atomic mass is 10.3. The van der Waals surface area contributed by atoms with E-state index in [4.69, 9.17) is 0 Å². The highest BCUT2D eigenvalue weighted by Crippen LogP contribution is 2.25. The van der Waals surface area contributed by atoms with Gasteiger partial charge in [0.2, 0.25) is 0 Å². The molecule has 1 heterocycles. The fourth-order valence-corrected chi connectivity index (χ4v) is 3.11. The second kappa shape index (κ2) is 5.72. The summed E-state index contributed by atoms with van der Waals surface area (Å²) in [5.41, 5.74) is -0.473. The molecule has 0 spiro atoms. The number of anilines is 1. The molecule has 0 atom stereocenters. The topological polar surface area (TPSA) is 64.0 Å². The number of nitrogens with one attached hydrogen (secondary N) is 1. The molecular formula is C12H12BrF2N3O2S. The third-order valence-electron chi connectivity index (χ3n) is 2.82. The van der Waals surface area contributed by atoms with E-state index in [0.717, 1.165) is 12.1 Å². The molecule has 0 bridgehead atoms. The number of nitrogens with zero attached hydrogens (tertiary/aromatic N) is 2. The van der Waals surface area contributed by atoms with Crippen LogP contribution in [0.2, 0.25) is 0 Å². The minimum Gasteiger partial charge on any atom is -0.334 e. The average Bonchev–Trinajstić information content (AvgIpc) is 2.78. The summed E-state index contributed by atoms with van der Waals surface area (Å²) in [6.45, 7) is 4.04. The lowest BCUT2D eigenvalue weighted by Gasteiger charge is -2.07. The van der Waals surface area contributed by atoms with Gasteiger partial charge in [-0.2, -0.15) is 8.42 Å². The monoisotopic (exact) mass is 379 g/mol. The van der Waals surface area contributed by atoms with Gasteiger partial charge in [0.1, 0.15) is 17.5 Å². The number of benzene rings is 1. The Balaban J connectivity index is 2.39. The van der Waals surface area contributed by atoms with Crippen LogP contribution >= 0.6 is 15.9 Å². The first-order valence-electron chi connectivity index (χ1n) is 5.95. The van der Waals surface area contributed by atoms with Crippen LogP contribution in [0.5, 0.6) is 0 Å². The Morgan fingerprint density at radius 1 is 1.33 bits per heavy atom. The van der Waals surface area contributed by atoms with Crippen LogP contribution in [0.15, 0.2) is 27.8 Å². The molecule has 114 valence electrons. The van der Waals surface area contributed by atoms with Crippen molar-refractivity contribution in [2.45, 2.75) is 25.4 Å². The van der Waals surface area contributed by atoms with Crippen LogP contribution in [-0.4, -0.2) is 18.0 Å². The summed E-state index contributed by atoms with van der Waals surface area (Å²) >= 11 is 2.82. The van der Waals surface area contributed by atoms with E-state index >= 15 is 0 Å². The van der Waals surface area contributed by atoms with Crippen molar-refractivity contribution < 1.29 is 17.2 Å². The minimum atomic E-state index is -4.08. The lowest BCUT2D eigenvalue weighted by Crippen LogP contribution is -2.14. The van der Waals surface area contributed by atoms with Crippen molar-refractivity contribution in [3.05, 3.63) is 40.3 Å². The SMILES string of the molecule is CCn1cc(S(=O)(=O)Nc2cc(F)c(Br)cc2F)nc1C. The first-order valence-corrected chi connectivity index (χ1v) is 8.23. The van der Waals surface area contributed by atoms with Crippen molar-refractivity contribution in [1.82, 2.24) is 9.55 Å². The summed E-state index contributed by atoms with van der Waals surface area (Å²) in [7, 11) is -4.08. The Labute approximate surface area is 129 Å². The van der Waals surface area contributed by atoms with Crippen LogP contribution in [0, 0.1) is 18.6 Å². The quantitative estimate of drug-likeness (QED) is 0.830. The summed E-state index contributed by atoms with van der Waals surface area (Å²) in [6.07, 6.45) is 1.34. The zero-order chi connectivity index (χ0) is 15.8. The molecular weight excluding hydrogens is 368 g/mol. The molecule has 0 aliphatic carbocycles. The number of aromatic nitrogens is 2. The van der Waals surface area contributed by atoms with Gasteiger partial charge in [-0.05, 0) is 35.8 Å². The maximum atomic E-state index is 13.7. The van der Waals surface area contributed by atoms with E-state index in [1.54, 1.807) is 11.5 Å². The number of hydrogen-bond donors (Lipinski definition) is 1. The Bertz CT molecular complexity index is 790. The van der Waals surface area contributed by atoms with Gasteiger partial charge < -0.3 is 4.57 Å². The molecule has 0 aliphatic rings. The van der Waals surface area contributed by atoms with Crippen LogP contribution in [-0.2, 0) is 16.6 Å². The van der Waals surface area contributed by atoms with Crippen LogP contribution in [0.4, 0.5) is 14.5 Å². The molecule has 5 nitrogen and oxygen atoms in total.